The van der Waals surface area contributed by atoms with Crippen LogP contribution in [-0.4, -0.2) is 15.9 Å². The zero-order chi connectivity index (χ0) is 9.26. The highest BCUT2D eigenvalue weighted by Gasteiger charge is 2.13. The highest BCUT2D eigenvalue weighted by atomic mass is 16.1. The molecule has 1 aromatic rings. The van der Waals surface area contributed by atoms with Gasteiger partial charge in [0.1, 0.15) is 5.69 Å². The Balaban J connectivity index is 2.40. The molecule has 0 spiro atoms. The molecule has 0 unspecified atom stereocenters. The standard InChI is InChI=1S/C9H11N3O/c10-9(13)8-5-11-6-3-1-2-4-7(6)12-8/h5H,1-4H2,(H2,10,13). The number of hydrogen-bond donors (Lipinski definition) is 1. The number of fused-ring (bicyclic) bond motifs is 1. The van der Waals surface area contributed by atoms with E-state index in [1.165, 1.54) is 6.20 Å². The van der Waals surface area contributed by atoms with Gasteiger partial charge in [0.15, 0.2) is 0 Å². The van der Waals surface area contributed by atoms with Crippen LogP contribution in [0.1, 0.15) is 34.7 Å². The van der Waals surface area contributed by atoms with E-state index in [4.69, 9.17) is 5.73 Å². The molecule has 13 heavy (non-hydrogen) atoms. The maximum atomic E-state index is 10.8. The summed E-state index contributed by atoms with van der Waals surface area (Å²) in [7, 11) is 0. The molecule has 1 amide bonds. The van der Waals surface area contributed by atoms with Crippen LogP contribution in [-0.2, 0) is 12.8 Å². The molecule has 0 radical (unpaired) electrons. The SMILES string of the molecule is NC(=O)c1cnc2c(n1)CCCC2. The molecular formula is C9H11N3O. The zero-order valence-corrected chi connectivity index (χ0v) is 7.29. The van der Waals surface area contributed by atoms with Crippen LogP contribution in [0.25, 0.3) is 0 Å². The maximum absolute atomic E-state index is 10.8. The quantitative estimate of drug-likeness (QED) is 0.677. The molecule has 0 atom stereocenters. The zero-order valence-electron chi connectivity index (χ0n) is 7.29. The van der Waals surface area contributed by atoms with Crippen molar-refractivity contribution in [2.24, 2.45) is 5.73 Å². The van der Waals surface area contributed by atoms with Crippen LogP contribution in [0.2, 0.25) is 0 Å². The number of aryl methyl sites for hydroxylation is 2. The molecule has 1 aliphatic carbocycles. The molecule has 1 aliphatic rings. The fourth-order valence-corrected chi connectivity index (χ4v) is 1.57. The number of primary amides is 1. The normalized spacial score (nSPS) is 15.1. The first-order valence-corrected chi connectivity index (χ1v) is 4.42. The first-order valence-electron chi connectivity index (χ1n) is 4.42. The van der Waals surface area contributed by atoms with Crippen LogP contribution in [0, 0.1) is 0 Å². The van der Waals surface area contributed by atoms with Gasteiger partial charge in [0.05, 0.1) is 17.6 Å². The van der Waals surface area contributed by atoms with Crippen molar-refractivity contribution in [3.05, 3.63) is 23.3 Å². The van der Waals surface area contributed by atoms with E-state index in [-0.39, 0.29) is 5.69 Å². The fraction of sp³-hybridized carbons (Fsp3) is 0.444. The van der Waals surface area contributed by atoms with Crippen molar-refractivity contribution in [2.45, 2.75) is 25.7 Å². The Labute approximate surface area is 76.2 Å². The number of nitrogens with zero attached hydrogens (tertiary/aromatic N) is 2. The van der Waals surface area contributed by atoms with Crippen LogP contribution in [0.3, 0.4) is 0 Å². The number of aromatic nitrogens is 2. The van der Waals surface area contributed by atoms with E-state index in [0.29, 0.717) is 0 Å². The molecule has 0 bridgehead atoms. The minimum Gasteiger partial charge on any atom is -0.364 e. The van der Waals surface area contributed by atoms with Gasteiger partial charge in [-0.25, -0.2) is 4.98 Å². The van der Waals surface area contributed by atoms with Gasteiger partial charge in [-0.15, -0.1) is 0 Å². The molecular weight excluding hydrogens is 166 g/mol. The number of amides is 1. The second kappa shape index (κ2) is 3.12. The molecule has 2 rings (SSSR count). The Morgan fingerprint density at radius 2 is 2.00 bits per heavy atom. The molecule has 0 aliphatic heterocycles. The van der Waals surface area contributed by atoms with Crippen molar-refractivity contribution in [1.29, 1.82) is 0 Å². The van der Waals surface area contributed by atoms with E-state index < -0.39 is 5.91 Å². The molecule has 2 N–H and O–H groups in total. The van der Waals surface area contributed by atoms with Crippen LogP contribution in [0.4, 0.5) is 0 Å². The second-order valence-electron chi connectivity index (χ2n) is 3.22. The van der Waals surface area contributed by atoms with Crippen molar-refractivity contribution in [3.8, 4) is 0 Å². The maximum Gasteiger partial charge on any atom is 0.268 e. The summed E-state index contributed by atoms with van der Waals surface area (Å²) in [6, 6.07) is 0. The van der Waals surface area contributed by atoms with Gasteiger partial charge in [0.2, 0.25) is 0 Å². The highest BCUT2D eigenvalue weighted by molar-refractivity contribution is 5.90. The van der Waals surface area contributed by atoms with E-state index in [1.807, 2.05) is 0 Å². The summed E-state index contributed by atoms with van der Waals surface area (Å²) in [6.45, 7) is 0. The predicted molar refractivity (Wildman–Crippen MR) is 47.2 cm³/mol. The van der Waals surface area contributed by atoms with Crippen LogP contribution >= 0.6 is 0 Å². The molecule has 0 saturated heterocycles. The molecule has 1 heterocycles. The molecule has 4 heteroatoms. The van der Waals surface area contributed by atoms with Crippen LogP contribution in [0.5, 0.6) is 0 Å². The third-order valence-electron chi connectivity index (χ3n) is 2.26. The number of nitrogens with two attached hydrogens (primary N) is 1. The van der Waals surface area contributed by atoms with Crippen molar-refractivity contribution in [2.75, 3.05) is 0 Å². The molecule has 0 aromatic carbocycles. The van der Waals surface area contributed by atoms with Gasteiger partial charge >= 0.3 is 0 Å². The largest absolute Gasteiger partial charge is 0.364 e. The van der Waals surface area contributed by atoms with E-state index in [1.54, 1.807) is 0 Å². The Morgan fingerprint density at radius 1 is 1.31 bits per heavy atom. The topological polar surface area (TPSA) is 68.9 Å². The van der Waals surface area contributed by atoms with Crippen LogP contribution < -0.4 is 5.73 Å². The Kier molecular flexibility index (Phi) is 1.96. The third kappa shape index (κ3) is 1.52. The lowest BCUT2D eigenvalue weighted by atomic mass is 10.0. The van der Waals surface area contributed by atoms with Gasteiger partial charge in [-0.3, -0.25) is 9.78 Å². The molecule has 0 saturated carbocycles. The molecule has 1 aromatic heterocycles. The average Bonchev–Trinajstić information content (AvgIpc) is 2.17. The molecule has 4 nitrogen and oxygen atoms in total. The van der Waals surface area contributed by atoms with E-state index in [2.05, 4.69) is 9.97 Å². The van der Waals surface area contributed by atoms with Gasteiger partial charge in [0, 0.05) is 0 Å². The summed E-state index contributed by atoms with van der Waals surface area (Å²) in [5.41, 5.74) is 7.35. The van der Waals surface area contributed by atoms with Gasteiger partial charge in [-0.05, 0) is 25.7 Å². The fourth-order valence-electron chi connectivity index (χ4n) is 1.57. The summed E-state index contributed by atoms with van der Waals surface area (Å²) in [5, 5.41) is 0. The number of rotatable bonds is 1. The average molecular weight is 177 g/mol. The summed E-state index contributed by atoms with van der Waals surface area (Å²) < 4.78 is 0. The van der Waals surface area contributed by atoms with Crippen molar-refractivity contribution >= 4 is 5.91 Å². The lowest BCUT2D eigenvalue weighted by molar-refractivity contribution is 0.0995. The first kappa shape index (κ1) is 8.16. The number of carbonyl (C=O) groups excluding carboxylic acids is 1. The summed E-state index contributed by atoms with van der Waals surface area (Å²) in [4.78, 5) is 19.2. The van der Waals surface area contributed by atoms with Crippen molar-refractivity contribution in [3.63, 3.8) is 0 Å². The van der Waals surface area contributed by atoms with Gasteiger partial charge in [-0.2, -0.15) is 0 Å². The van der Waals surface area contributed by atoms with Crippen molar-refractivity contribution in [1.82, 2.24) is 9.97 Å². The second-order valence-corrected chi connectivity index (χ2v) is 3.22. The van der Waals surface area contributed by atoms with Crippen LogP contribution in [0.15, 0.2) is 6.20 Å². The smallest absolute Gasteiger partial charge is 0.268 e. The molecule has 68 valence electrons. The third-order valence-corrected chi connectivity index (χ3v) is 2.26. The highest BCUT2D eigenvalue weighted by Crippen LogP contribution is 2.16. The Bertz CT molecular complexity index is 349. The Morgan fingerprint density at radius 3 is 2.69 bits per heavy atom. The lowest BCUT2D eigenvalue weighted by Gasteiger charge is -2.13. The van der Waals surface area contributed by atoms with E-state index in [9.17, 15) is 4.79 Å². The predicted octanol–water partition coefficient (Wildman–Crippen LogP) is 0.454. The van der Waals surface area contributed by atoms with Crippen molar-refractivity contribution < 1.29 is 4.79 Å². The van der Waals surface area contributed by atoms with E-state index >= 15 is 0 Å². The summed E-state index contributed by atoms with van der Waals surface area (Å²) in [5.74, 6) is -0.499. The van der Waals surface area contributed by atoms with Gasteiger partial charge in [-0.1, -0.05) is 0 Å². The Hall–Kier alpha value is -1.45. The summed E-state index contributed by atoms with van der Waals surface area (Å²) in [6.07, 6.45) is 5.65. The van der Waals surface area contributed by atoms with Gasteiger partial charge in [0.25, 0.3) is 5.91 Å². The summed E-state index contributed by atoms with van der Waals surface area (Å²) >= 11 is 0. The lowest BCUT2D eigenvalue weighted by Crippen LogP contribution is -2.17. The minimum absolute atomic E-state index is 0.278. The minimum atomic E-state index is -0.499. The monoisotopic (exact) mass is 177 g/mol. The number of hydrogen-bond acceptors (Lipinski definition) is 3. The number of carbonyl (C=O) groups is 1. The van der Waals surface area contributed by atoms with E-state index in [0.717, 1.165) is 37.1 Å². The van der Waals surface area contributed by atoms with Gasteiger partial charge < -0.3 is 5.73 Å². The molecule has 0 fully saturated rings. The first-order chi connectivity index (χ1) is 6.27.